The van der Waals surface area contributed by atoms with Crippen LogP contribution in [0.15, 0.2) is 41.1 Å². The molecule has 1 aliphatic rings. The van der Waals surface area contributed by atoms with Gasteiger partial charge in [0.25, 0.3) is 0 Å². The first-order chi connectivity index (χ1) is 7.78. The molecule has 0 saturated heterocycles. The Labute approximate surface area is 99.9 Å². The Bertz CT molecular complexity index is 489. The van der Waals surface area contributed by atoms with E-state index in [1.165, 1.54) is 16.7 Å². The number of hydrogen-bond acceptors (Lipinski definition) is 2. The van der Waals surface area contributed by atoms with Gasteiger partial charge >= 0.3 is 0 Å². The molecule has 2 heteroatoms. The molecule has 1 nitrogen and oxygen atoms in total. The molecule has 1 atom stereocenters. The number of hydrogen-bond donors (Lipinski definition) is 1. The number of benzene rings is 1. The third-order valence-electron chi connectivity index (χ3n) is 3.56. The van der Waals surface area contributed by atoms with Gasteiger partial charge in [0.1, 0.15) is 0 Å². The van der Waals surface area contributed by atoms with Crippen LogP contribution in [-0.2, 0) is 18.4 Å². The molecule has 0 spiro atoms. The van der Waals surface area contributed by atoms with Gasteiger partial charge in [-0.3, -0.25) is 0 Å². The molecule has 16 heavy (non-hydrogen) atoms. The van der Waals surface area contributed by atoms with Gasteiger partial charge in [0, 0.05) is 5.54 Å². The van der Waals surface area contributed by atoms with Crippen LogP contribution in [0.2, 0.25) is 0 Å². The SMILES string of the molecule is NC1(c2ccsc2)CCc2ccccc2C1. The predicted octanol–water partition coefficient (Wildman–Crippen LogP) is 3.09. The molecule has 3 rings (SSSR count). The van der Waals surface area contributed by atoms with Gasteiger partial charge in [-0.15, -0.1) is 0 Å². The summed E-state index contributed by atoms with van der Waals surface area (Å²) in [7, 11) is 0. The smallest absolute Gasteiger partial charge is 0.0462 e. The van der Waals surface area contributed by atoms with Gasteiger partial charge in [0.05, 0.1) is 0 Å². The highest BCUT2D eigenvalue weighted by Gasteiger charge is 2.32. The molecule has 0 saturated carbocycles. The zero-order valence-corrected chi connectivity index (χ0v) is 9.96. The van der Waals surface area contributed by atoms with Gasteiger partial charge in [-0.25, -0.2) is 0 Å². The van der Waals surface area contributed by atoms with E-state index in [1.807, 2.05) is 0 Å². The summed E-state index contributed by atoms with van der Waals surface area (Å²) in [5, 5.41) is 4.30. The fourth-order valence-electron chi connectivity index (χ4n) is 2.55. The summed E-state index contributed by atoms with van der Waals surface area (Å²) >= 11 is 1.73. The Kier molecular flexibility index (Phi) is 2.34. The first-order valence-electron chi connectivity index (χ1n) is 5.66. The van der Waals surface area contributed by atoms with Crippen LogP contribution in [0.3, 0.4) is 0 Å². The molecule has 0 bridgehead atoms. The van der Waals surface area contributed by atoms with E-state index < -0.39 is 0 Å². The lowest BCUT2D eigenvalue weighted by Crippen LogP contribution is -2.41. The summed E-state index contributed by atoms with van der Waals surface area (Å²) < 4.78 is 0. The molecule has 1 aliphatic carbocycles. The molecular weight excluding hydrogens is 214 g/mol. The van der Waals surface area contributed by atoms with Crippen LogP contribution in [0.1, 0.15) is 23.1 Å². The van der Waals surface area contributed by atoms with Crippen molar-refractivity contribution in [1.29, 1.82) is 0 Å². The number of thiophene rings is 1. The Hall–Kier alpha value is -1.12. The van der Waals surface area contributed by atoms with Crippen LogP contribution in [0, 0.1) is 0 Å². The molecule has 1 heterocycles. The lowest BCUT2D eigenvalue weighted by molar-refractivity contribution is 0.386. The van der Waals surface area contributed by atoms with Crippen LogP contribution in [0.25, 0.3) is 0 Å². The fourth-order valence-corrected chi connectivity index (χ4v) is 3.32. The van der Waals surface area contributed by atoms with Gasteiger partial charge in [-0.2, -0.15) is 11.3 Å². The average molecular weight is 229 g/mol. The number of nitrogens with two attached hydrogens (primary N) is 1. The van der Waals surface area contributed by atoms with Crippen LogP contribution in [0.4, 0.5) is 0 Å². The van der Waals surface area contributed by atoms with Gasteiger partial charge in [0.2, 0.25) is 0 Å². The predicted molar refractivity (Wildman–Crippen MR) is 68.7 cm³/mol. The normalized spacial score (nSPS) is 24.1. The molecule has 1 aromatic heterocycles. The van der Waals surface area contributed by atoms with E-state index in [0.717, 1.165) is 19.3 Å². The highest BCUT2D eigenvalue weighted by molar-refractivity contribution is 7.08. The molecule has 2 N–H and O–H groups in total. The molecule has 2 aromatic rings. The van der Waals surface area contributed by atoms with E-state index in [4.69, 9.17) is 5.73 Å². The minimum atomic E-state index is -0.144. The zero-order valence-electron chi connectivity index (χ0n) is 9.15. The quantitative estimate of drug-likeness (QED) is 0.799. The van der Waals surface area contributed by atoms with Gasteiger partial charge in [0.15, 0.2) is 0 Å². The van der Waals surface area contributed by atoms with E-state index in [0.29, 0.717) is 0 Å². The summed E-state index contributed by atoms with van der Waals surface area (Å²) in [6.07, 6.45) is 3.13. The maximum absolute atomic E-state index is 6.55. The second-order valence-corrected chi connectivity index (χ2v) is 5.39. The van der Waals surface area contributed by atoms with Crippen LogP contribution < -0.4 is 5.73 Å². The van der Waals surface area contributed by atoms with E-state index in [2.05, 4.69) is 41.1 Å². The van der Waals surface area contributed by atoms with Crippen molar-refractivity contribution in [2.75, 3.05) is 0 Å². The Morgan fingerprint density at radius 2 is 1.94 bits per heavy atom. The van der Waals surface area contributed by atoms with E-state index in [1.54, 1.807) is 11.3 Å². The minimum absolute atomic E-state index is 0.144. The topological polar surface area (TPSA) is 26.0 Å². The molecule has 0 radical (unpaired) electrons. The number of aryl methyl sites for hydroxylation is 1. The second kappa shape index (κ2) is 3.72. The fraction of sp³-hybridized carbons (Fsp3) is 0.286. The standard InChI is InChI=1S/C14H15NS/c15-14(13-6-8-16-10-13)7-5-11-3-1-2-4-12(11)9-14/h1-4,6,8,10H,5,7,9,15H2. The van der Waals surface area contributed by atoms with E-state index in [-0.39, 0.29) is 5.54 Å². The van der Waals surface area contributed by atoms with Gasteiger partial charge < -0.3 is 5.73 Å². The third kappa shape index (κ3) is 1.58. The third-order valence-corrected chi connectivity index (χ3v) is 4.24. The molecule has 0 fully saturated rings. The van der Waals surface area contributed by atoms with Crippen LogP contribution in [-0.4, -0.2) is 0 Å². The van der Waals surface area contributed by atoms with Crippen LogP contribution >= 0.6 is 11.3 Å². The molecular formula is C14H15NS. The van der Waals surface area contributed by atoms with Gasteiger partial charge in [-0.1, -0.05) is 24.3 Å². The maximum Gasteiger partial charge on any atom is 0.0462 e. The first-order valence-corrected chi connectivity index (χ1v) is 6.61. The number of rotatable bonds is 1. The first kappa shape index (κ1) is 10.1. The maximum atomic E-state index is 6.55. The van der Waals surface area contributed by atoms with E-state index >= 15 is 0 Å². The van der Waals surface area contributed by atoms with Crippen molar-refractivity contribution in [3.05, 3.63) is 57.8 Å². The van der Waals surface area contributed by atoms with Crippen molar-refractivity contribution < 1.29 is 0 Å². The summed E-state index contributed by atoms with van der Waals surface area (Å²) in [5.41, 5.74) is 10.6. The molecule has 1 unspecified atom stereocenters. The Morgan fingerprint density at radius 1 is 1.12 bits per heavy atom. The summed E-state index contributed by atoms with van der Waals surface area (Å²) in [4.78, 5) is 0. The Balaban J connectivity index is 1.98. The highest BCUT2D eigenvalue weighted by atomic mass is 32.1. The van der Waals surface area contributed by atoms with Crippen molar-refractivity contribution in [1.82, 2.24) is 0 Å². The summed E-state index contributed by atoms with van der Waals surface area (Å²) in [6, 6.07) is 10.8. The highest BCUT2D eigenvalue weighted by Crippen LogP contribution is 2.35. The van der Waals surface area contributed by atoms with Crippen molar-refractivity contribution in [2.45, 2.75) is 24.8 Å². The van der Waals surface area contributed by atoms with E-state index in [9.17, 15) is 0 Å². The molecule has 0 amide bonds. The monoisotopic (exact) mass is 229 g/mol. The largest absolute Gasteiger partial charge is 0.321 e. The van der Waals surface area contributed by atoms with Gasteiger partial charge in [-0.05, 0) is 52.8 Å². The Morgan fingerprint density at radius 3 is 2.69 bits per heavy atom. The molecule has 1 aromatic carbocycles. The average Bonchev–Trinajstić information content (AvgIpc) is 2.83. The lowest BCUT2D eigenvalue weighted by atomic mass is 9.75. The van der Waals surface area contributed by atoms with Crippen molar-refractivity contribution >= 4 is 11.3 Å². The van der Waals surface area contributed by atoms with Crippen molar-refractivity contribution in [2.24, 2.45) is 5.73 Å². The summed E-state index contributed by atoms with van der Waals surface area (Å²) in [6.45, 7) is 0. The second-order valence-electron chi connectivity index (χ2n) is 4.61. The lowest BCUT2D eigenvalue weighted by Gasteiger charge is -2.34. The molecule has 0 aliphatic heterocycles. The van der Waals surface area contributed by atoms with Crippen molar-refractivity contribution in [3.63, 3.8) is 0 Å². The zero-order chi connectivity index (χ0) is 11.0. The minimum Gasteiger partial charge on any atom is -0.321 e. The van der Waals surface area contributed by atoms with Crippen LogP contribution in [0.5, 0.6) is 0 Å². The molecule has 82 valence electrons. The summed E-state index contributed by atoms with van der Waals surface area (Å²) in [5.74, 6) is 0. The van der Waals surface area contributed by atoms with Crippen molar-refractivity contribution in [3.8, 4) is 0 Å². The number of fused-ring (bicyclic) bond motifs is 1.